The number of hydroxylamine groups is 1. The highest BCUT2D eigenvalue weighted by atomic mass is 35.5. The number of pyridine rings is 1. The smallest absolute Gasteiger partial charge is 0.0473 e. The molecule has 0 saturated carbocycles. The van der Waals surface area contributed by atoms with Gasteiger partial charge in [-0.1, -0.05) is 6.07 Å². The number of rotatable bonds is 2. The van der Waals surface area contributed by atoms with Crippen LogP contribution in [0.1, 0.15) is 5.56 Å². The van der Waals surface area contributed by atoms with Crippen LogP contribution in [0.3, 0.4) is 0 Å². The molecule has 1 aromatic rings. The third-order valence-electron chi connectivity index (χ3n) is 1.01. The number of nitrogens with zero attached hydrogens (tertiary/aromatic N) is 1. The second kappa shape index (κ2) is 7.75. The first kappa shape index (κ1) is 13.3. The number of aromatic nitrogens is 1. The molecule has 5 heteroatoms. The van der Waals surface area contributed by atoms with E-state index in [1.54, 1.807) is 12.4 Å². The van der Waals surface area contributed by atoms with Crippen LogP contribution in [0.15, 0.2) is 24.5 Å². The monoisotopic (exact) mass is 196 g/mol. The summed E-state index contributed by atoms with van der Waals surface area (Å²) in [7, 11) is 0. The fourth-order valence-corrected chi connectivity index (χ4v) is 0.594. The van der Waals surface area contributed by atoms with Crippen LogP contribution in [-0.2, 0) is 6.54 Å². The van der Waals surface area contributed by atoms with Gasteiger partial charge in [-0.3, -0.25) is 4.98 Å². The maximum absolute atomic E-state index is 8.24. The van der Waals surface area contributed by atoms with Crippen molar-refractivity contribution in [3.8, 4) is 0 Å². The second-order valence-corrected chi connectivity index (χ2v) is 1.70. The molecule has 0 aliphatic carbocycles. The Morgan fingerprint density at radius 1 is 1.45 bits per heavy atom. The summed E-state index contributed by atoms with van der Waals surface area (Å²) in [5, 5.41) is 8.24. The summed E-state index contributed by atoms with van der Waals surface area (Å²) in [5.41, 5.74) is 3.02. The van der Waals surface area contributed by atoms with Gasteiger partial charge in [-0.05, 0) is 11.6 Å². The molecule has 2 N–H and O–H groups in total. The Bertz CT molecular complexity index is 171. The molecule has 1 rings (SSSR count). The second-order valence-electron chi connectivity index (χ2n) is 1.70. The zero-order valence-corrected chi connectivity index (χ0v) is 7.36. The van der Waals surface area contributed by atoms with Gasteiger partial charge < -0.3 is 5.21 Å². The molecule has 0 bridgehead atoms. The number of nitrogens with one attached hydrogen (secondary N) is 1. The summed E-state index contributed by atoms with van der Waals surface area (Å²) >= 11 is 0. The fourth-order valence-electron chi connectivity index (χ4n) is 0.594. The lowest BCUT2D eigenvalue weighted by molar-refractivity contribution is 0.161. The SMILES string of the molecule is Cl.Cl.ONCc1cccnc1. The van der Waals surface area contributed by atoms with Crippen LogP contribution in [0, 0.1) is 0 Å². The van der Waals surface area contributed by atoms with Crippen molar-refractivity contribution in [1.82, 2.24) is 10.5 Å². The molecule has 1 heterocycles. The quantitative estimate of drug-likeness (QED) is 0.704. The minimum absolute atomic E-state index is 0. The van der Waals surface area contributed by atoms with E-state index in [1.807, 2.05) is 17.6 Å². The maximum Gasteiger partial charge on any atom is 0.0473 e. The molecular formula is C6H10Cl2N2O. The lowest BCUT2D eigenvalue weighted by Crippen LogP contribution is -2.05. The number of hydrogen-bond acceptors (Lipinski definition) is 3. The summed E-state index contributed by atoms with van der Waals surface area (Å²) in [6, 6.07) is 3.71. The van der Waals surface area contributed by atoms with E-state index in [0.29, 0.717) is 6.54 Å². The topological polar surface area (TPSA) is 45.1 Å². The summed E-state index contributed by atoms with van der Waals surface area (Å²) in [5.74, 6) is 0. The molecule has 3 nitrogen and oxygen atoms in total. The van der Waals surface area contributed by atoms with Gasteiger partial charge in [0.1, 0.15) is 0 Å². The molecule has 0 saturated heterocycles. The van der Waals surface area contributed by atoms with E-state index in [9.17, 15) is 0 Å². The van der Waals surface area contributed by atoms with Gasteiger partial charge in [0.2, 0.25) is 0 Å². The Morgan fingerprint density at radius 2 is 2.18 bits per heavy atom. The van der Waals surface area contributed by atoms with Crippen molar-refractivity contribution >= 4 is 24.8 Å². The van der Waals surface area contributed by atoms with Crippen LogP contribution >= 0.6 is 24.8 Å². The minimum Gasteiger partial charge on any atom is -0.316 e. The van der Waals surface area contributed by atoms with Gasteiger partial charge in [0.25, 0.3) is 0 Å². The van der Waals surface area contributed by atoms with E-state index >= 15 is 0 Å². The Morgan fingerprint density at radius 3 is 2.64 bits per heavy atom. The normalized spacial score (nSPS) is 7.73. The van der Waals surface area contributed by atoms with E-state index in [0.717, 1.165) is 5.56 Å². The summed E-state index contributed by atoms with van der Waals surface area (Å²) < 4.78 is 0. The van der Waals surface area contributed by atoms with Crippen LogP contribution in [0.4, 0.5) is 0 Å². The highest BCUT2D eigenvalue weighted by molar-refractivity contribution is 5.85. The lowest BCUT2D eigenvalue weighted by atomic mass is 10.3. The summed E-state index contributed by atoms with van der Waals surface area (Å²) in [6.45, 7) is 0.452. The average molecular weight is 197 g/mol. The van der Waals surface area contributed by atoms with Crippen LogP contribution in [0.25, 0.3) is 0 Å². The van der Waals surface area contributed by atoms with Gasteiger partial charge in [-0.2, -0.15) is 0 Å². The van der Waals surface area contributed by atoms with Crippen molar-refractivity contribution in [1.29, 1.82) is 0 Å². The van der Waals surface area contributed by atoms with Gasteiger partial charge >= 0.3 is 0 Å². The van der Waals surface area contributed by atoms with Crippen molar-refractivity contribution in [2.75, 3.05) is 0 Å². The van der Waals surface area contributed by atoms with Gasteiger partial charge in [0.15, 0.2) is 0 Å². The van der Waals surface area contributed by atoms with Crippen LogP contribution in [0.2, 0.25) is 0 Å². The first-order chi connectivity index (χ1) is 4.43. The molecule has 0 radical (unpaired) electrons. The van der Waals surface area contributed by atoms with Crippen LogP contribution < -0.4 is 5.48 Å². The zero-order valence-electron chi connectivity index (χ0n) is 5.73. The Balaban J connectivity index is 0. The molecule has 64 valence electrons. The molecule has 0 unspecified atom stereocenters. The zero-order chi connectivity index (χ0) is 6.53. The van der Waals surface area contributed by atoms with Crippen molar-refractivity contribution in [2.45, 2.75) is 6.54 Å². The van der Waals surface area contributed by atoms with E-state index in [2.05, 4.69) is 4.98 Å². The third-order valence-corrected chi connectivity index (χ3v) is 1.01. The predicted octanol–water partition coefficient (Wildman–Crippen LogP) is 1.40. The Hall–Kier alpha value is -0.350. The lowest BCUT2D eigenvalue weighted by Gasteiger charge is -1.94. The van der Waals surface area contributed by atoms with Crippen molar-refractivity contribution < 1.29 is 5.21 Å². The highest BCUT2D eigenvalue weighted by Crippen LogP contribution is 1.92. The minimum atomic E-state index is 0. The molecule has 1 aromatic heterocycles. The third kappa shape index (κ3) is 4.98. The van der Waals surface area contributed by atoms with Gasteiger partial charge in [0.05, 0.1) is 0 Å². The number of hydrogen-bond donors (Lipinski definition) is 2. The van der Waals surface area contributed by atoms with Gasteiger partial charge in [-0.25, -0.2) is 5.48 Å². The van der Waals surface area contributed by atoms with Crippen LogP contribution in [-0.4, -0.2) is 10.2 Å². The van der Waals surface area contributed by atoms with E-state index in [-0.39, 0.29) is 24.8 Å². The summed E-state index contributed by atoms with van der Waals surface area (Å²) in [4.78, 5) is 3.85. The first-order valence-corrected chi connectivity index (χ1v) is 2.69. The predicted molar refractivity (Wildman–Crippen MR) is 47.4 cm³/mol. The molecule has 0 aliphatic rings. The van der Waals surface area contributed by atoms with Gasteiger partial charge in [0, 0.05) is 18.9 Å². The standard InChI is InChI=1S/C6H8N2O.2ClH/c9-8-5-6-2-1-3-7-4-6;;/h1-4,8-9H,5H2;2*1H. The average Bonchev–Trinajstić information content (AvgIpc) is 1.91. The highest BCUT2D eigenvalue weighted by Gasteiger charge is 1.85. The first-order valence-electron chi connectivity index (χ1n) is 2.69. The molecule has 0 atom stereocenters. The molecule has 0 aliphatic heterocycles. The van der Waals surface area contributed by atoms with Crippen LogP contribution in [0.5, 0.6) is 0 Å². The van der Waals surface area contributed by atoms with E-state index < -0.39 is 0 Å². The van der Waals surface area contributed by atoms with Crippen molar-refractivity contribution in [2.24, 2.45) is 0 Å². The Labute approximate surface area is 77.6 Å². The molecule has 11 heavy (non-hydrogen) atoms. The van der Waals surface area contributed by atoms with E-state index in [4.69, 9.17) is 5.21 Å². The molecular weight excluding hydrogens is 187 g/mol. The largest absolute Gasteiger partial charge is 0.316 e. The molecule has 0 spiro atoms. The molecule has 0 amide bonds. The van der Waals surface area contributed by atoms with Gasteiger partial charge in [-0.15, -0.1) is 24.8 Å². The maximum atomic E-state index is 8.24. The van der Waals surface area contributed by atoms with Crippen molar-refractivity contribution in [3.63, 3.8) is 0 Å². The fraction of sp³-hybridized carbons (Fsp3) is 0.167. The number of halogens is 2. The Kier molecular flexibility index (Phi) is 9.34. The molecule has 0 fully saturated rings. The summed E-state index contributed by atoms with van der Waals surface area (Å²) in [6.07, 6.45) is 3.39. The van der Waals surface area contributed by atoms with Crippen molar-refractivity contribution in [3.05, 3.63) is 30.1 Å². The van der Waals surface area contributed by atoms with E-state index in [1.165, 1.54) is 0 Å². The molecule has 0 aromatic carbocycles.